The predicted molar refractivity (Wildman–Crippen MR) is 91.9 cm³/mol. The molecule has 1 aromatic heterocycles. The van der Waals surface area contributed by atoms with E-state index in [0.717, 1.165) is 43.9 Å². The van der Waals surface area contributed by atoms with Crippen molar-refractivity contribution in [2.75, 3.05) is 38.1 Å². The molecule has 24 heavy (non-hydrogen) atoms. The Bertz CT molecular complexity index is 739. The first-order valence-corrected chi connectivity index (χ1v) is 8.23. The Hall–Kier alpha value is -2.44. The van der Waals surface area contributed by atoms with Gasteiger partial charge in [0.2, 0.25) is 0 Å². The van der Waals surface area contributed by atoms with Crippen molar-refractivity contribution in [1.29, 1.82) is 0 Å². The van der Waals surface area contributed by atoms with Crippen molar-refractivity contribution in [2.24, 2.45) is 0 Å². The molecule has 6 heteroatoms. The highest BCUT2D eigenvalue weighted by atomic mass is 16.5. The largest absolute Gasteiger partial charge is 0.480 e. The Balaban J connectivity index is 1.49. The van der Waals surface area contributed by atoms with Crippen LogP contribution in [-0.2, 0) is 11.3 Å². The van der Waals surface area contributed by atoms with E-state index in [9.17, 15) is 4.79 Å². The fourth-order valence-electron chi connectivity index (χ4n) is 3.05. The molecule has 0 bridgehead atoms. The van der Waals surface area contributed by atoms with Crippen molar-refractivity contribution in [2.45, 2.75) is 6.54 Å². The maximum atomic E-state index is 11.3. The summed E-state index contributed by atoms with van der Waals surface area (Å²) in [7, 11) is 0. The lowest BCUT2D eigenvalue weighted by Gasteiger charge is -2.27. The number of rotatable bonds is 3. The highest BCUT2D eigenvalue weighted by molar-refractivity contribution is 5.94. The summed E-state index contributed by atoms with van der Waals surface area (Å²) in [6.07, 6.45) is 1.76. The van der Waals surface area contributed by atoms with Crippen LogP contribution in [0.5, 0.6) is 5.75 Å². The lowest BCUT2D eigenvalue weighted by molar-refractivity contribution is -0.118. The zero-order valence-corrected chi connectivity index (χ0v) is 13.4. The topological polar surface area (TPSA) is 66.5 Å². The number of amides is 1. The number of aromatic nitrogens is 1. The zero-order chi connectivity index (χ0) is 16.4. The van der Waals surface area contributed by atoms with Gasteiger partial charge in [0.1, 0.15) is 0 Å². The second-order valence-corrected chi connectivity index (χ2v) is 6.13. The van der Waals surface area contributed by atoms with Gasteiger partial charge in [-0.25, -0.2) is 4.98 Å². The third-order valence-electron chi connectivity index (χ3n) is 4.37. The standard InChI is InChI=1S/C18H20N4O2/c23-17-12-24-16-9-15(10-20-18(16)21-17)14-3-1-13(2-4-14)11-22-7-5-19-6-8-22/h1-4,9-10,19H,5-8,11-12H2,(H,20,21,23). The first-order valence-electron chi connectivity index (χ1n) is 8.23. The monoisotopic (exact) mass is 324 g/mol. The molecule has 124 valence electrons. The Morgan fingerprint density at radius 2 is 1.92 bits per heavy atom. The minimum atomic E-state index is -0.167. The van der Waals surface area contributed by atoms with Crippen LogP contribution in [0.25, 0.3) is 11.1 Å². The molecule has 6 nitrogen and oxygen atoms in total. The van der Waals surface area contributed by atoms with E-state index < -0.39 is 0 Å². The molecule has 1 fully saturated rings. The van der Waals surface area contributed by atoms with Crippen molar-refractivity contribution in [3.05, 3.63) is 42.1 Å². The highest BCUT2D eigenvalue weighted by Gasteiger charge is 2.17. The predicted octanol–water partition coefficient (Wildman–Crippen LogP) is 1.48. The van der Waals surface area contributed by atoms with Gasteiger partial charge in [0.15, 0.2) is 18.2 Å². The van der Waals surface area contributed by atoms with E-state index in [1.54, 1.807) is 6.20 Å². The van der Waals surface area contributed by atoms with Crippen LogP contribution in [0.1, 0.15) is 5.56 Å². The molecule has 0 unspecified atom stereocenters. The second kappa shape index (κ2) is 6.59. The molecule has 2 aliphatic heterocycles. The summed E-state index contributed by atoms with van der Waals surface area (Å²) in [5, 5.41) is 6.08. The van der Waals surface area contributed by atoms with Gasteiger partial charge in [-0.1, -0.05) is 24.3 Å². The maximum Gasteiger partial charge on any atom is 0.263 e. The quantitative estimate of drug-likeness (QED) is 0.895. The number of hydrogen-bond acceptors (Lipinski definition) is 5. The van der Waals surface area contributed by atoms with Crippen LogP contribution in [0.4, 0.5) is 5.82 Å². The Labute approximate surface area is 140 Å². The molecular weight excluding hydrogens is 304 g/mol. The molecule has 3 heterocycles. The first-order chi connectivity index (χ1) is 11.8. The summed E-state index contributed by atoms with van der Waals surface area (Å²) in [6.45, 7) is 5.35. The smallest absolute Gasteiger partial charge is 0.263 e. The first kappa shape index (κ1) is 15.1. The van der Waals surface area contributed by atoms with Crippen LogP contribution in [0.2, 0.25) is 0 Å². The molecule has 1 saturated heterocycles. The number of ether oxygens (including phenoxy) is 1. The average Bonchev–Trinajstić information content (AvgIpc) is 2.63. The number of fused-ring (bicyclic) bond motifs is 1. The molecule has 1 amide bonds. The van der Waals surface area contributed by atoms with E-state index in [1.807, 2.05) is 6.07 Å². The van der Waals surface area contributed by atoms with Gasteiger partial charge in [-0.3, -0.25) is 9.69 Å². The molecule has 0 aliphatic carbocycles. The summed E-state index contributed by atoms with van der Waals surface area (Å²) < 4.78 is 5.43. The van der Waals surface area contributed by atoms with Gasteiger partial charge >= 0.3 is 0 Å². The Kier molecular flexibility index (Phi) is 4.15. The zero-order valence-electron chi connectivity index (χ0n) is 13.4. The van der Waals surface area contributed by atoms with Gasteiger partial charge in [-0.2, -0.15) is 0 Å². The number of nitrogens with zero attached hydrogens (tertiary/aromatic N) is 2. The maximum absolute atomic E-state index is 11.3. The fraction of sp³-hybridized carbons (Fsp3) is 0.333. The number of hydrogen-bond donors (Lipinski definition) is 2. The van der Waals surface area contributed by atoms with Crippen LogP contribution >= 0.6 is 0 Å². The molecular formula is C18H20N4O2. The van der Waals surface area contributed by atoms with Gasteiger partial charge in [0.05, 0.1) is 0 Å². The molecule has 4 rings (SSSR count). The van der Waals surface area contributed by atoms with E-state index in [2.05, 4.69) is 44.8 Å². The summed E-state index contributed by atoms with van der Waals surface area (Å²) in [5.41, 5.74) is 3.39. The SMILES string of the molecule is O=C1COc2cc(-c3ccc(CN4CCNCC4)cc3)cnc2N1. The number of carbonyl (C=O) groups excluding carboxylic acids is 1. The summed E-state index contributed by atoms with van der Waals surface area (Å²) in [5.74, 6) is 0.947. The van der Waals surface area contributed by atoms with Gasteiger partial charge in [-0.15, -0.1) is 0 Å². The van der Waals surface area contributed by atoms with Gasteiger partial charge in [0, 0.05) is 44.5 Å². The Morgan fingerprint density at radius 1 is 1.12 bits per heavy atom. The summed E-state index contributed by atoms with van der Waals surface area (Å²) in [4.78, 5) is 18.0. The van der Waals surface area contributed by atoms with Crippen LogP contribution in [0, 0.1) is 0 Å². The van der Waals surface area contributed by atoms with Crippen molar-refractivity contribution >= 4 is 11.7 Å². The molecule has 0 saturated carbocycles. The third-order valence-corrected chi connectivity index (χ3v) is 4.37. The van der Waals surface area contributed by atoms with Gasteiger partial charge < -0.3 is 15.4 Å². The highest BCUT2D eigenvalue weighted by Crippen LogP contribution is 2.30. The normalized spacial score (nSPS) is 17.8. The molecule has 0 spiro atoms. The van der Waals surface area contributed by atoms with E-state index in [4.69, 9.17) is 4.74 Å². The van der Waals surface area contributed by atoms with Crippen molar-refractivity contribution < 1.29 is 9.53 Å². The molecule has 0 radical (unpaired) electrons. The summed E-state index contributed by atoms with van der Waals surface area (Å²) >= 11 is 0. The molecule has 2 N–H and O–H groups in total. The number of anilines is 1. The Morgan fingerprint density at radius 3 is 2.71 bits per heavy atom. The molecule has 0 atom stereocenters. The molecule has 2 aliphatic rings. The lowest BCUT2D eigenvalue weighted by Crippen LogP contribution is -2.42. The average molecular weight is 324 g/mol. The number of nitrogens with one attached hydrogen (secondary N) is 2. The van der Waals surface area contributed by atoms with Crippen molar-refractivity contribution in [1.82, 2.24) is 15.2 Å². The van der Waals surface area contributed by atoms with Gasteiger partial charge in [-0.05, 0) is 17.2 Å². The molecule has 2 aromatic rings. The molecule has 1 aromatic carbocycles. The minimum absolute atomic E-state index is 0.0434. The van der Waals surface area contributed by atoms with Crippen LogP contribution in [-0.4, -0.2) is 48.6 Å². The summed E-state index contributed by atoms with van der Waals surface area (Å²) in [6, 6.07) is 10.5. The number of carbonyl (C=O) groups is 1. The van der Waals surface area contributed by atoms with E-state index in [1.165, 1.54) is 5.56 Å². The van der Waals surface area contributed by atoms with E-state index >= 15 is 0 Å². The number of piperazine rings is 1. The van der Waals surface area contributed by atoms with Crippen LogP contribution < -0.4 is 15.4 Å². The van der Waals surface area contributed by atoms with E-state index in [-0.39, 0.29) is 12.5 Å². The van der Waals surface area contributed by atoms with Gasteiger partial charge in [0.25, 0.3) is 5.91 Å². The van der Waals surface area contributed by atoms with Crippen molar-refractivity contribution in [3.8, 4) is 16.9 Å². The minimum Gasteiger partial charge on any atom is -0.480 e. The third kappa shape index (κ3) is 3.25. The number of pyridine rings is 1. The fourth-order valence-corrected chi connectivity index (χ4v) is 3.05. The van der Waals surface area contributed by atoms with Crippen LogP contribution in [0.15, 0.2) is 36.5 Å². The lowest BCUT2D eigenvalue weighted by atomic mass is 10.0. The second-order valence-electron chi connectivity index (χ2n) is 6.13. The van der Waals surface area contributed by atoms with Crippen LogP contribution in [0.3, 0.4) is 0 Å². The number of benzene rings is 1. The van der Waals surface area contributed by atoms with Crippen molar-refractivity contribution in [3.63, 3.8) is 0 Å². The van der Waals surface area contributed by atoms with E-state index in [0.29, 0.717) is 11.6 Å².